The predicted octanol–water partition coefficient (Wildman–Crippen LogP) is 1.99. The summed E-state index contributed by atoms with van der Waals surface area (Å²) in [5.41, 5.74) is 0.843. The lowest BCUT2D eigenvalue weighted by Crippen LogP contribution is -2.39. The number of carbonyl (C=O) groups excluding carboxylic acids is 2. The molecule has 1 aromatic carbocycles. The van der Waals surface area contributed by atoms with Crippen molar-refractivity contribution in [3.63, 3.8) is 0 Å². The molecule has 2 amide bonds. The predicted molar refractivity (Wildman–Crippen MR) is 75.7 cm³/mol. The van der Waals surface area contributed by atoms with Gasteiger partial charge >= 0.3 is 0 Å². The molecular formula is C14H17ClN2O2. The lowest BCUT2D eigenvalue weighted by atomic mass is 10.2. The first-order valence-corrected chi connectivity index (χ1v) is 6.29. The van der Waals surface area contributed by atoms with Gasteiger partial charge in [-0.05, 0) is 11.6 Å². The van der Waals surface area contributed by atoms with E-state index < -0.39 is 0 Å². The van der Waals surface area contributed by atoms with Crippen LogP contribution < -0.4 is 5.32 Å². The maximum atomic E-state index is 11.7. The second-order valence-corrected chi connectivity index (χ2v) is 4.46. The van der Waals surface area contributed by atoms with Gasteiger partial charge in [-0.1, -0.05) is 35.9 Å². The topological polar surface area (TPSA) is 49.4 Å². The van der Waals surface area contributed by atoms with E-state index in [2.05, 4.69) is 11.9 Å². The highest BCUT2D eigenvalue weighted by Gasteiger charge is 2.12. The minimum absolute atomic E-state index is 0.0196. The zero-order valence-electron chi connectivity index (χ0n) is 10.9. The van der Waals surface area contributed by atoms with Crippen LogP contribution in [0.25, 0.3) is 0 Å². The second-order valence-electron chi connectivity index (χ2n) is 4.06. The van der Waals surface area contributed by atoms with Gasteiger partial charge in [-0.25, -0.2) is 0 Å². The fourth-order valence-corrected chi connectivity index (χ4v) is 1.73. The van der Waals surface area contributed by atoms with Gasteiger partial charge in [0.05, 0.1) is 6.54 Å². The van der Waals surface area contributed by atoms with E-state index >= 15 is 0 Å². The molecule has 0 aliphatic rings. The van der Waals surface area contributed by atoms with Crippen molar-refractivity contribution in [2.24, 2.45) is 0 Å². The standard InChI is InChI=1S/C14H17ClN2O2/c1-3-8-17(11(2)18)10-14(19)16-9-12-6-4-5-7-13(12)15/h3-7H,1,8-10H2,2H3,(H,16,19). The molecule has 0 radical (unpaired) electrons. The summed E-state index contributed by atoms with van der Waals surface area (Å²) in [4.78, 5) is 24.4. The number of hydrogen-bond donors (Lipinski definition) is 1. The fraction of sp³-hybridized carbons (Fsp3) is 0.286. The SMILES string of the molecule is C=CCN(CC(=O)NCc1ccccc1Cl)C(C)=O. The van der Waals surface area contributed by atoms with Crippen molar-refractivity contribution in [1.29, 1.82) is 0 Å². The second kappa shape index (κ2) is 7.59. The van der Waals surface area contributed by atoms with E-state index in [-0.39, 0.29) is 18.4 Å². The summed E-state index contributed by atoms with van der Waals surface area (Å²) in [5.74, 6) is -0.384. The average molecular weight is 281 g/mol. The summed E-state index contributed by atoms with van der Waals surface area (Å²) < 4.78 is 0. The minimum Gasteiger partial charge on any atom is -0.350 e. The molecule has 102 valence electrons. The molecule has 0 saturated carbocycles. The van der Waals surface area contributed by atoms with Crippen molar-refractivity contribution in [3.8, 4) is 0 Å². The smallest absolute Gasteiger partial charge is 0.239 e. The van der Waals surface area contributed by atoms with Gasteiger partial charge in [-0.3, -0.25) is 9.59 Å². The van der Waals surface area contributed by atoms with E-state index in [1.807, 2.05) is 18.2 Å². The van der Waals surface area contributed by atoms with Gasteiger partial charge < -0.3 is 10.2 Å². The number of hydrogen-bond acceptors (Lipinski definition) is 2. The molecule has 1 aromatic rings. The van der Waals surface area contributed by atoms with Crippen molar-refractivity contribution in [2.75, 3.05) is 13.1 Å². The summed E-state index contributed by atoms with van der Waals surface area (Å²) >= 11 is 5.98. The molecule has 0 heterocycles. The van der Waals surface area contributed by atoms with Crippen molar-refractivity contribution >= 4 is 23.4 Å². The van der Waals surface area contributed by atoms with Gasteiger partial charge in [0, 0.05) is 25.0 Å². The number of nitrogens with zero attached hydrogens (tertiary/aromatic N) is 1. The largest absolute Gasteiger partial charge is 0.350 e. The average Bonchev–Trinajstić information content (AvgIpc) is 2.37. The van der Waals surface area contributed by atoms with Gasteiger partial charge in [0.1, 0.15) is 0 Å². The Morgan fingerprint density at radius 3 is 2.68 bits per heavy atom. The Morgan fingerprint density at radius 2 is 2.11 bits per heavy atom. The van der Waals surface area contributed by atoms with Crippen molar-refractivity contribution < 1.29 is 9.59 Å². The molecule has 0 aliphatic heterocycles. The fourth-order valence-electron chi connectivity index (χ4n) is 1.53. The van der Waals surface area contributed by atoms with E-state index in [0.717, 1.165) is 5.56 Å². The van der Waals surface area contributed by atoms with Crippen LogP contribution in [0.5, 0.6) is 0 Å². The summed E-state index contributed by atoms with van der Waals surface area (Å²) in [6, 6.07) is 7.29. The van der Waals surface area contributed by atoms with Crippen LogP contribution in [0.1, 0.15) is 12.5 Å². The summed E-state index contributed by atoms with van der Waals surface area (Å²) in [5, 5.41) is 3.34. The van der Waals surface area contributed by atoms with Gasteiger partial charge in [0.2, 0.25) is 11.8 Å². The number of amides is 2. The molecule has 4 nitrogen and oxygen atoms in total. The number of rotatable bonds is 6. The third-order valence-electron chi connectivity index (χ3n) is 2.56. The molecule has 0 bridgehead atoms. The normalized spacial score (nSPS) is 9.79. The Kier molecular flexibility index (Phi) is 6.09. The lowest BCUT2D eigenvalue weighted by molar-refractivity contribution is -0.133. The Balaban J connectivity index is 2.49. The molecule has 0 aromatic heterocycles. The quantitative estimate of drug-likeness (QED) is 0.810. The van der Waals surface area contributed by atoms with E-state index in [0.29, 0.717) is 18.1 Å². The first-order chi connectivity index (χ1) is 9.04. The van der Waals surface area contributed by atoms with Crippen LogP contribution in [-0.2, 0) is 16.1 Å². The molecule has 0 spiro atoms. The summed E-state index contributed by atoms with van der Waals surface area (Å²) in [6.07, 6.45) is 1.59. The van der Waals surface area contributed by atoms with Crippen LogP contribution in [0.3, 0.4) is 0 Å². The van der Waals surface area contributed by atoms with Crippen molar-refractivity contribution in [2.45, 2.75) is 13.5 Å². The molecule has 0 saturated heterocycles. The van der Waals surface area contributed by atoms with E-state index in [1.54, 1.807) is 12.1 Å². The summed E-state index contributed by atoms with van der Waals surface area (Å²) in [7, 11) is 0. The lowest BCUT2D eigenvalue weighted by Gasteiger charge is -2.18. The minimum atomic E-state index is -0.225. The van der Waals surface area contributed by atoms with Gasteiger partial charge in [0.25, 0.3) is 0 Å². The number of carbonyl (C=O) groups is 2. The Morgan fingerprint density at radius 1 is 1.42 bits per heavy atom. The van der Waals surface area contributed by atoms with Crippen molar-refractivity contribution in [3.05, 3.63) is 47.5 Å². The van der Waals surface area contributed by atoms with Gasteiger partial charge in [-0.15, -0.1) is 6.58 Å². The van der Waals surface area contributed by atoms with Crippen LogP contribution in [-0.4, -0.2) is 29.8 Å². The third kappa shape index (κ3) is 5.14. The van der Waals surface area contributed by atoms with Crippen LogP contribution in [0, 0.1) is 0 Å². The number of halogens is 1. The van der Waals surface area contributed by atoms with Gasteiger partial charge in [0.15, 0.2) is 0 Å². The molecule has 0 fully saturated rings. The Hall–Kier alpha value is -1.81. The maximum Gasteiger partial charge on any atom is 0.239 e. The molecular weight excluding hydrogens is 264 g/mol. The van der Waals surface area contributed by atoms with Crippen LogP contribution in [0.2, 0.25) is 5.02 Å². The molecule has 1 N–H and O–H groups in total. The number of benzene rings is 1. The monoisotopic (exact) mass is 280 g/mol. The van der Waals surface area contributed by atoms with E-state index in [1.165, 1.54) is 11.8 Å². The highest BCUT2D eigenvalue weighted by Crippen LogP contribution is 2.14. The Labute approximate surface area is 118 Å². The molecule has 19 heavy (non-hydrogen) atoms. The first-order valence-electron chi connectivity index (χ1n) is 5.91. The van der Waals surface area contributed by atoms with Crippen molar-refractivity contribution in [1.82, 2.24) is 10.2 Å². The third-order valence-corrected chi connectivity index (χ3v) is 2.93. The molecule has 0 atom stereocenters. The Bertz CT molecular complexity index is 474. The molecule has 0 aliphatic carbocycles. The van der Waals surface area contributed by atoms with Gasteiger partial charge in [-0.2, -0.15) is 0 Å². The molecule has 1 rings (SSSR count). The first kappa shape index (κ1) is 15.2. The van der Waals surface area contributed by atoms with E-state index in [9.17, 15) is 9.59 Å². The molecule has 0 unspecified atom stereocenters. The molecule has 5 heteroatoms. The number of nitrogens with one attached hydrogen (secondary N) is 1. The summed E-state index contributed by atoms with van der Waals surface area (Å²) in [6.45, 7) is 5.69. The highest BCUT2D eigenvalue weighted by molar-refractivity contribution is 6.31. The van der Waals surface area contributed by atoms with E-state index in [4.69, 9.17) is 11.6 Å². The highest BCUT2D eigenvalue weighted by atomic mass is 35.5. The van der Waals surface area contributed by atoms with Crippen LogP contribution in [0.15, 0.2) is 36.9 Å². The van der Waals surface area contributed by atoms with Crippen LogP contribution in [0.4, 0.5) is 0 Å². The maximum absolute atomic E-state index is 11.7. The zero-order valence-corrected chi connectivity index (χ0v) is 11.6. The zero-order chi connectivity index (χ0) is 14.3. The van der Waals surface area contributed by atoms with Crippen LogP contribution >= 0.6 is 11.6 Å².